The second-order valence-corrected chi connectivity index (χ2v) is 2.10. The number of nitrogens with one attached hydrogen (secondary N) is 1. The Morgan fingerprint density at radius 3 is 2.00 bits per heavy atom. The predicted octanol–water partition coefficient (Wildman–Crippen LogP) is 0.796. The van der Waals surface area contributed by atoms with Crippen LogP contribution in [0.15, 0.2) is 25.3 Å². The maximum absolute atomic E-state index is 9.99. The van der Waals surface area contributed by atoms with Crippen LogP contribution in [-0.4, -0.2) is 32.4 Å². The largest absolute Gasteiger partial charge is 0.453 e. The van der Waals surface area contributed by atoms with Gasteiger partial charge in [0.1, 0.15) is 0 Å². The lowest BCUT2D eigenvalue weighted by molar-refractivity contribution is 0.171. The molecule has 0 aromatic rings. The predicted molar refractivity (Wildman–Crippen MR) is 56.3 cm³/mol. The average molecular weight is 216 g/mol. The van der Waals surface area contributed by atoms with Gasteiger partial charge >= 0.3 is 12.1 Å². The smallest absolute Gasteiger partial charge is 0.415 e. The number of methoxy groups -OCH3 is 1. The molecular weight excluding hydrogens is 200 g/mol. The van der Waals surface area contributed by atoms with Crippen molar-refractivity contribution in [2.75, 3.05) is 20.3 Å². The van der Waals surface area contributed by atoms with Gasteiger partial charge in [-0.2, -0.15) is 0 Å². The van der Waals surface area contributed by atoms with Gasteiger partial charge in [-0.15, -0.1) is 13.2 Å². The van der Waals surface area contributed by atoms with Gasteiger partial charge in [0, 0.05) is 0 Å². The number of urea groups is 1. The summed E-state index contributed by atoms with van der Waals surface area (Å²) in [7, 11) is 1.14. The Bertz CT molecular complexity index is 208. The number of hydrogen-bond donors (Lipinski definition) is 2. The van der Waals surface area contributed by atoms with Crippen molar-refractivity contribution < 1.29 is 19.1 Å². The Morgan fingerprint density at radius 1 is 1.33 bits per heavy atom. The van der Waals surface area contributed by atoms with Crippen LogP contribution in [0, 0.1) is 0 Å². The molecule has 0 aromatic carbocycles. The molecule has 0 rings (SSSR count). The van der Waals surface area contributed by atoms with Gasteiger partial charge in [0.2, 0.25) is 0 Å². The van der Waals surface area contributed by atoms with Gasteiger partial charge in [-0.25, -0.2) is 14.9 Å². The quantitative estimate of drug-likeness (QED) is 0.537. The van der Waals surface area contributed by atoms with Crippen molar-refractivity contribution >= 4 is 12.1 Å². The van der Waals surface area contributed by atoms with Crippen molar-refractivity contribution in [1.82, 2.24) is 5.32 Å². The van der Waals surface area contributed by atoms with Gasteiger partial charge in [-0.05, 0) is 0 Å². The van der Waals surface area contributed by atoms with Crippen molar-refractivity contribution in [2.24, 2.45) is 5.73 Å². The van der Waals surface area contributed by atoms with Crippen molar-refractivity contribution in [3.8, 4) is 0 Å². The Kier molecular flexibility index (Phi) is 12.7. The topological polar surface area (TPSA) is 90.7 Å². The number of ether oxygens (including phenoxy) is 2. The zero-order valence-corrected chi connectivity index (χ0v) is 8.69. The second kappa shape index (κ2) is 12.2. The van der Waals surface area contributed by atoms with E-state index in [9.17, 15) is 9.59 Å². The molecular formula is C9H16N2O4. The van der Waals surface area contributed by atoms with E-state index >= 15 is 0 Å². The number of imide groups is 1. The molecule has 0 unspecified atom stereocenters. The zero-order valence-electron chi connectivity index (χ0n) is 8.69. The summed E-state index contributed by atoms with van der Waals surface area (Å²) in [4.78, 5) is 19.8. The third kappa shape index (κ3) is 18.9. The molecule has 0 aromatic heterocycles. The lowest BCUT2D eigenvalue weighted by Gasteiger charge is -1.94. The van der Waals surface area contributed by atoms with Gasteiger partial charge in [0.15, 0.2) is 0 Å². The van der Waals surface area contributed by atoms with E-state index in [0.717, 1.165) is 7.11 Å². The molecule has 0 saturated heterocycles. The fourth-order valence-corrected chi connectivity index (χ4v) is 0.386. The third-order valence-electron chi connectivity index (χ3n) is 0.882. The number of rotatable bonds is 4. The maximum Gasteiger partial charge on any atom is 0.415 e. The first-order chi connectivity index (χ1) is 7.08. The van der Waals surface area contributed by atoms with E-state index in [1.54, 1.807) is 17.5 Å². The molecule has 0 aliphatic carbocycles. The van der Waals surface area contributed by atoms with E-state index in [1.165, 1.54) is 0 Å². The van der Waals surface area contributed by atoms with Gasteiger partial charge in [0.25, 0.3) is 0 Å². The molecule has 0 saturated carbocycles. The molecule has 0 atom stereocenters. The fraction of sp³-hybridized carbons (Fsp3) is 0.333. The molecule has 0 bridgehead atoms. The van der Waals surface area contributed by atoms with E-state index in [1.807, 2.05) is 0 Å². The van der Waals surface area contributed by atoms with E-state index in [-0.39, 0.29) is 0 Å². The third-order valence-corrected chi connectivity index (χ3v) is 0.882. The summed E-state index contributed by atoms with van der Waals surface area (Å²) in [6, 6.07) is -0.920. The number of primary amides is 1. The van der Waals surface area contributed by atoms with Gasteiger partial charge in [-0.3, -0.25) is 0 Å². The van der Waals surface area contributed by atoms with Crippen molar-refractivity contribution in [1.29, 1.82) is 0 Å². The highest BCUT2D eigenvalue weighted by Gasteiger charge is 1.98. The van der Waals surface area contributed by atoms with Crippen molar-refractivity contribution in [3.05, 3.63) is 25.3 Å². The number of amides is 3. The molecule has 0 radical (unpaired) electrons. The SMILES string of the molecule is C=CCOCC=C.COC(=O)NC(N)=O. The first-order valence-corrected chi connectivity index (χ1v) is 4.02. The van der Waals surface area contributed by atoms with Crippen LogP contribution in [0.5, 0.6) is 0 Å². The molecule has 86 valence electrons. The van der Waals surface area contributed by atoms with Crippen LogP contribution < -0.4 is 11.1 Å². The summed E-state index contributed by atoms with van der Waals surface area (Å²) in [5.41, 5.74) is 4.52. The van der Waals surface area contributed by atoms with Gasteiger partial charge < -0.3 is 15.2 Å². The molecule has 0 aliphatic rings. The second-order valence-electron chi connectivity index (χ2n) is 2.10. The van der Waals surface area contributed by atoms with Crippen LogP contribution in [0.3, 0.4) is 0 Å². The molecule has 0 aliphatic heterocycles. The fourth-order valence-electron chi connectivity index (χ4n) is 0.386. The van der Waals surface area contributed by atoms with E-state index in [0.29, 0.717) is 13.2 Å². The van der Waals surface area contributed by atoms with Crippen LogP contribution >= 0.6 is 0 Å². The summed E-state index contributed by atoms with van der Waals surface area (Å²) in [6.07, 6.45) is 2.57. The van der Waals surface area contributed by atoms with Crippen molar-refractivity contribution in [3.63, 3.8) is 0 Å². The molecule has 6 nitrogen and oxygen atoms in total. The monoisotopic (exact) mass is 216 g/mol. The minimum absolute atomic E-state index is 0.617. The van der Waals surface area contributed by atoms with Gasteiger partial charge in [-0.1, -0.05) is 12.2 Å². The molecule has 3 N–H and O–H groups in total. The Hall–Kier alpha value is -1.82. The van der Waals surface area contributed by atoms with E-state index in [4.69, 9.17) is 4.74 Å². The van der Waals surface area contributed by atoms with E-state index < -0.39 is 12.1 Å². The summed E-state index contributed by atoms with van der Waals surface area (Å²) >= 11 is 0. The standard InChI is InChI=1S/C6H10O.C3H6N2O3/c1-3-5-7-6-4-2;1-8-3(7)5-2(4)6/h3-4H,1-2,5-6H2;1H3,(H3,4,5,6,7). The van der Waals surface area contributed by atoms with Crippen LogP contribution in [-0.2, 0) is 9.47 Å². The van der Waals surface area contributed by atoms with Crippen LogP contribution in [0.1, 0.15) is 0 Å². The van der Waals surface area contributed by atoms with Crippen molar-refractivity contribution in [2.45, 2.75) is 0 Å². The number of nitrogens with two attached hydrogens (primary N) is 1. The van der Waals surface area contributed by atoms with Crippen LogP contribution in [0.4, 0.5) is 9.59 Å². The lowest BCUT2D eigenvalue weighted by Crippen LogP contribution is -2.34. The molecule has 0 fully saturated rings. The van der Waals surface area contributed by atoms with Crippen LogP contribution in [0.25, 0.3) is 0 Å². The molecule has 0 spiro atoms. The maximum atomic E-state index is 9.99. The summed E-state index contributed by atoms with van der Waals surface area (Å²) < 4.78 is 8.91. The number of carbonyl (C=O) groups excluding carboxylic acids is 2. The number of carbonyl (C=O) groups is 2. The highest BCUT2D eigenvalue weighted by molar-refractivity contribution is 5.89. The first kappa shape index (κ1) is 15.6. The minimum Gasteiger partial charge on any atom is -0.453 e. The molecule has 15 heavy (non-hydrogen) atoms. The minimum atomic E-state index is -0.920. The lowest BCUT2D eigenvalue weighted by atomic mass is 10.6. The molecule has 6 heteroatoms. The average Bonchev–Trinajstić information content (AvgIpc) is 2.18. The van der Waals surface area contributed by atoms with Crippen LogP contribution in [0.2, 0.25) is 0 Å². The first-order valence-electron chi connectivity index (χ1n) is 4.02. The normalized spacial score (nSPS) is 7.80. The molecule has 0 heterocycles. The highest BCUT2D eigenvalue weighted by Crippen LogP contribution is 1.72. The summed E-state index contributed by atoms with van der Waals surface area (Å²) in [6.45, 7) is 8.18. The number of hydrogen-bond acceptors (Lipinski definition) is 4. The Balaban J connectivity index is 0. The van der Waals surface area contributed by atoms with Gasteiger partial charge in [0.05, 0.1) is 20.3 Å². The number of alkyl carbamates (subject to hydrolysis) is 1. The summed E-state index contributed by atoms with van der Waals surface area (Å²) in [5.74, 6) is 0. The zero-order chi connectivity index (χ0) is 12.1. The summed E-state index contributed by atoms with van der Waals surface area (Å²) in [5, 5.41) is 1.67. The highest BCUT2D eigenvalue weighted by atomic mass is 16.5. The van der Waals surface area contributed by atoms with E-state index in [2.05, 4.69) is 23.6 Å². The Labute approximate surface area is 88.7 Å². The molecule has 3 amide bonds. The Morgan fingerprint density at radius 2 is 1.80 bits per heavy atom.